The SMILES string of the molecule is CC(C)c1nn(C)c(NC2CCCC2(C)C)c1N. The third-order valence-electron chi connectivity index (χ3n) is 4.23. The predicted octanol–water partition coefficient (Wildman–Crippen LogP) is 3.12. The highest BCUT2D eigenvalue weighted by Gasteiger charge is 2.35. The predicted molar refractivity (Wildman–Crippen MR) is 76.8 cm³/mol. The first kappa shape index (κ1) is 13.2. The van der Waals surface area contributed by atoms with Crippen LogP contribution in [-0.4, -0.2) is 15.8 Å². The molecule has 1 aromatic heterocycles. The standard InChI is InChI=1S/C14H26N4/c1-9(2)12-11(15)13(18(5)17-12)16-10-7-6-8-14(10,3)4/h9-10,16H,6-8,15H2,1-5H3. The van der Waals surface area contributed by atoms with Gasteiger partial charge in [0.15, 0.2) is 0 Å². The number of nitrogens with one attached hydrogen (secondary N) is 1. The quantitative estimate of drug-likeness (QED) is 0.866. The second-order valence-corrected chi connectivity index (χ2v) is 6.50. The van der Waals surface area contributed by atoms with E-state index in [9.17, 15) is 0 Å². The lowest BCUT2D eigenvalue weighted by molar-refractivity contribution is 0.348. The van der Waals surface area contributed by atoms with Crippen molar-refractivity contribution in [3.63, 3.8) is 0 Å². The smallest absolute Gasteiger partial charge is 0.148 e. The van der Waals surface area contributed by atoms with E-state index in [4.69, 9.17) is 5.73 Å². The highest BCUT2D eigenvalue weighted by Crippen LogP contribution is 2.40. The van der Waals surface area contributed by atoms with E-state index in [1.54, 1.807) is 0 Å². The maximum absolute atomic E-state index is 6.23. The van der Waals surface area contributed by atoms with Crippen molar-refractivity contribution in [3.05, 3.63) is 5.69 Å². The van der Waals surface area contributed by atoms with Gasteiger partial charge < -0.3 is 11.1 Å². The van der Waals surface area contributed by atoms with Crippen LogP contribution in [0, 0.1) is 5.41 Å². The van der Waals surface area contributed by atoms with Crippen LogP contribution in [0.3, 0.4) is 0 Å². The summed E-state index contributed by atoms with van der Waals surface area (Å²) >= 11 is 0. The molecule has 0 aromatic carbocycles. The number of anilines is 2. The number of hydrogen-bond donors (Lipinski definition) is 2. The van der Waals surface area contributed by atoms with Crippen LogP contribution >= 0.6 is 0 Å². The van der Waals surface area contributed by atoms with Gasteiger partial charge in [0.05, 0.1) is 11.4 Å². The van der Waals surface area contributed by atoms with Crippen molar-refractivity contribution >= 4 is 11.5 Å². The van der Waals surface area contributed by atoms with E-state index in [1.807, 2.05) is 11.7 Å². The van der Waals surface area contributed by atoms with E-state index in [1.165, 1.54) is 19.3 Å². The van der Waals surface area contributed by atoms with Gasteiger partial charge in [-0.2, -0.15) is 5.10 Å². The molecule has 1 heterocycles. The number of nitrogens with two attached hydrogens (primary N) is 1. The Balaban J connectivity index is 2.24. The maximum Gasteiger partial charge on any atom is 0.148 e. The minimum atomic E-state index is 0.342. The summed E-state index contributed by atoms with van der Waals surface area (Å²) in [7, 11) is 1.96. The largest absolute Gasteiger partial charge is 0.394 e. The monoisotopic (exact) mass is 250 g/mol. The van der Waals surface area contributed by atoms with Gasteiger partial charge in [-0.1, -0.05) is 34.1 Å². The third kappa shape index (κ3) is 2.20. The van der Waals surface area contributed by atoms with E-state index < -0.39 is 0 Å². The second-order valence-electron chi connectivity index (χ2n) is 6.50. The lowest BCUT2D eigenvalue weighted by Crippen LogP contribution is -2.31. The van der Waals surface area contributed by atoms with E-state index in [0.29, 0.717) is 17.4 Å². The molecule has 1 unspecified atom stereocenters. The fourth-order valence-electron chi connectivity index (χ4n) is 2.92. The molecule has 1 aliphatic carbocycles. The average Bonchev–Trinajstić information content (AvgIpc) is 2.73. The van der Waals surface area contributed by atoms with Crippen LogP contribution in [0.1, 0.15) is 58.6 Å². The summed E-state index contributed by atoms with van der Waals surface area (Å²) in [6.07, 6.45) is 3.79. The fourth-order valence-corrected chi connectivity index (χ4v) is 2.92. The highest BCUT2D eigenvalue weighted by molar-refractivity contribution is 5.66. The Kier molecular flexibility index (Phi) is 3.30. The van der Waals surface area contributed by atoms with E-state index in [0.717, 1.165) is 17.2 Å². The molecular formula is C14H26N4. The van der Waals surface area contributed by atoms with Crippen LogP contribution in [0.2, 0.25) is 0 Å². The van der Waals surface area contributed by atoms with Crippen molar-refractivity contribution in [2.45, 2.75) is 58.9 Å². The summed E-state index contributed by atoms with van der Waals surface area (Å²) in [5.74, 6) is 1.35. The minimum absolute atomic E-state index is 0.342. The molecule has 1 aliphatic rings. The Morgan fingerprint density at radius 3 is 2.56 bits per heavy atom. The molecular weight excluding hydrogens is 224 g/mol. The summed E-state index contributed by atoms with van der Waals surface area (Å²) in [6.45, 7) is 8.91. The molecule has 1 saturated carbocycles. The first-order valence-corrected chi connectivity index (χ1v) is 6.92. The minimum Gasteiger partial charge on any atom is -0.394 e. The summed E-state index contributed by atoms with van der Waals surface area (Å²) in [6, 6.07) is 0.496. The topological polar surface area (TPSA) is 55.9 Å². The second kappa shape index (κ2) is 4.48. The number of nitrogens with zero attached hydrogens (tertiary/aromatic N) is 2. The average molecular weight is 250 g/mol. The van der Waals surface area contributed by atoms with Crippen molar-refractivity contribution in [3.8, 4) is 0 Å². The Morgan fingerprint density at radius 2 is 2.11 bits per heavy atom. The van der Waals surface area contributed by atoms with Gasteiger partial charge in [-0.25, -0.2) is 0 Å². The molecule has 0 saturated heterocycles. The number of nitrogen functional groups attached to an aromatic ring is 1. The molecule has 2 rings (SSSR count). The van der Waals surface area contributed by atoms with Gasteiger partial charge in [-0.3, -0.25) is 4.68 Å². The molecule has 0 spiro atoms. The van der Waals surface area contributed by atoms with E-state index >= 15 is 0 Å². The zero-order valence-electron chi connectivity index (χ0n) is 12.2. The Labute approximate surface area is 110 Å². The maximum atomic E-state index is 6.23. The van der Waals surface area contributed by atoms with Crippen LogP contribution in [0.5, 0.6) is 0 Å². The molecule has 0 amide bonds. The van der Waals surface area contributed by atoms with Crippen LogP contribution in [-0.2, 0) is 7.05 Å². The van der Waals surface area contributed by atoms with Crippen LogP contribution in [0.4, 0.5) is 11.5 Å². The van der Waals surface area contributed by atoms with Crippen molar-refractivity contribution in [2.24, 2.45) is 12.5 Å². The van der Waals surface area contributed by atoms with Gasteiger partial charge in [0, 0.05) is 13.1 Å². The molecule has 1 aromatic rings. The number of rotatable bonds is 3. The van der Waals surface area contributed by atoms with Gasteiger partial charge >= 0.3 is 0 Å². The normalized spacial score (nSPS) is 22.7. The van der Waals surface area contributed by atoms with Gasteiger partial charge in [-0.05, 0) is 24.2 Å². The summed E-state index contributed by atoms with van der Waals surface area (Å²) < 4.78 is 1.89. The molecule has 0 bridgehead atoms. The first-order chi connectivity index (χ1) is 8.33. The fraction of sp³-hybridized carbons (Fsp3) is 0.786. The Hall–Kier alpha value is -1.19. The molecule has 18 heavy (non-hydrogen) atoms. The van der Waals surface area contributed by atoms with Crippen molar-refractivity contribution in [1.82, 2.24) is 9.78 Å². The highest BCUT2D eigenvalue weighted by atomic mass is 15.3. The molecule has 0 aliphatic heterocycles. The number of aromatic nitrogens is 2. The molecule has 1 fully saturated rings. The molecule has 1 atom stereocenters. The van der Waals surface area contributed by atoms with Crippen LogP contribution in [0.25, 0.3) is 0 Å². The molecule has 4 heteroatoms. The molecule has 3 N–H and O–H groups in total. The van der Waals surface area contributed by atoms with Gasteiger partial charge in [0.2, 0.25) is 0 Å². The molecule has 4 nitrogen and oxygen atoms in total. The summed E-state index contributed by atoms with van der Waals surface area (Å²) in [4.78, 5) is 0. The van der Waals surface area contributed by atoms with Crippen molar-refractivity contribution in [2.75, 3.05) is 11.1 Å². The molecule has 102 valence electrons. The lowest BCUT2D eigenvalue weighted by Gasteiger charge is -2.28. The van der Waals surface area contributed by atoms with E-state index in [2.05, 4.69) is 38.1 Å². The van der Waals surface area contributed by atoms with E-state index in [-0.39, 0.29) is 0 Å². The zero-order chi connectivity index (χ0) is 13.5. The third-order valence-corrected chi connectivity index (χ3v) is 4.23. The molecule has 0 radical (unpaired) electrons. The van der Waals surface area contributed by atoms with Crippen LogP contribution < -0.4 is 11.1 Å². The van der Waals surface area contributed by atoms with Crippen LogP contribution in [0.15, 0.2) is 0 Å². The number of hydrogen-bond acceptors (Lipinski definition) is 3. The zero-order valence-corrected chi connectivity index (χ0v) is 12.2. The van der Waals surface area contributed by atoms with Crippen molar-refractivity contribution < 1.29 is 0 Å². The lowest BCUT2D eigenvalue weighted by atomic mass is 9.87. The van der Waals surface area contributed by atoms with Gasteiger partial charge in [-0.15, -0.1) is 0 Å². The number of aryl methyl sites for hydroxylation is 1. The Morgan fingerprint density at radius 1 is 1.44 bits per heavy atom. The summed E-state index contributed by atoms with van der Waals surface area (Å²) in [5.41, 5.74) is 8.38. The summed E-state index contributed by atoms with van der Waals surface area (Å²) in [5, 5.41) is 8.15. The van der Waals surface area contributed by atoms with Gasteiger partial charge in [0.25, 0.3) is 0 Å². The first-order valence-electron chi connectivity index (χ1n) is 6.92. The van der Waals surface area contributed by atoms with Crippen molar-refractivity contribution in [1.29, 1.82) is 0 Å². The van der Waals surface area contributed by atoms with Gasteiger partial charge in [0.1, 0.15) is 5.82 Å². The Bertz CT molecular complexity index is 431.